The van der Waals surface area contributed by atoms with Gasteiger partial charge in [-0.25, -0.2) is 0 Å². The molecule has 3 aliphatic rings. The first-order valence-corrected chi connectivity index (χ1v) is 12.0. The molecule has 178 valence electrons. The second-order valence-electron chi connectivity index (χ2n) is 9.64. The van der Waals surface area contributed by atoms with Gasteiger partial charge < -0.3 is 10.1 Å². The molecule has 35 heavy (non-hydrogen) atoms. The molecule has 2 saturated carbocycles. The van der Waals surface area contributed by atoms with Gasteiger partial charge in [-0.1, -0.05) is 54.1 Å². The number of para-hydroxylation sites is 3. The van der Waals surface area contributed by atoms with Crippen LogP contribution in [0.3, 0.4) is 0 Å². The molecule has 2 bridgehead atoms. The van der Waals surface area contributed by atoms with Crippen molar-refractivity contribution < 1.29 is 22.7 Å². The molecule has 0 aromatic heterocycles. The average Bonchev–Trinajstić information content (AvgIpc) is 3.11. The number of carbonyl (C=O) groups excluding carboxylic acids is 1. The quantitative estimate of drug-likeness (QED) is 0.327. The summed E-state index contributed by atoms with van der Waals surface area (Å²) in [5.74, 6) is -1.57. The molecule has 3 aromatic carbocycles. The molecular formula is C29H24F3NO2. The third-order valence-electron chi connectivity index (χ3n) is 7.58. The molecule has 1 aliphatic heterocycles. The van der Waals surface area contributed by atoms with Crippen molar-refractivity contribution in [1.82, 2.24) is 0 Å². The molecule has 3 aromatic rings. The molecule has 1 N–H and O–H groups in total. The second kappa shape index (κ2) is 8.29. The van der Waals surface area contributed by atoms with Gasteiger partial charge in [0.2, 0.25) is 5.78 Å². The number of Topliss-reactive ketones (excluding diaryl/α,β-unsaturated/α-hetero) is 1. The van der Waals surface area contributed by atoms with Crippen molar-refractivity contribution in [2.45, 2.75) is 31.9 Å². The summed E-state index contributed by atoms with van der Waals surface area (Å²) < 4.78 is 46.3. The van der Waals surface area contributed by atoms with Gasteiger partial charge in [-0.05, 0) is 67.4 Å². The van der Waals surface area contributed by atoms with E-state index < -0.39 is 17.9 Å². The second-order valence-corrected chi connectivity index (χ2v) is 9.64. The maximum Gasteiger partial charge on any atom is 0.450 e. The van der Waals surface area contributed by atoms with Gasteiger partial charge in [-0.15, -0.1) is 0 Å². The van der Waals surface area contributed by atoms with Crippen LogP contribution in [-0.2, 0) is 4.79 Å². The maximum absolute atomic E-state index is 13.3. The average molecular weight is 476 g/mol. The topological polar surface area (TPSA) is 38.3 Å². The number of alkyl halides is 3. The number of fused-ring (bicyclic) bond motifs is 4. The summed E-state index contributed by atoms with van der Waals surface area (Å²) in [6.45, 7) is 0. The first kappa shape index (κ1) is 22.0. The van der Waals surface area contributed by atoms with Crippen molar-refractivity contribution in [2.75, 3.05) is 5.32 Å². The van der Waals surface area contributed by atoms with Crippen LogP contribution in [0.25, 0.3) is 5.57 Å². The number of rotatable bonds is 3. The summed E-state index contributed by atoms with van der Waals surface area (Å²) in [4.78, 5) is 12.2. The van der Waals surface area contributed by atoms with Crippen molar-refractivity contribution in [3.63, 3.8) is 0 Å². The van der Waals surface area contributed by atoms with E-state index in [2.05, 4.69) is 5.32 Å². The molecular weight excluding hydrogens is 451 g/mol. The van der Waals surface area contributed by atoms with Gasteiger partial charge in [0.25, 0.3) is 0 Å². The summed E-state index contributed by atoms with van der Waals surface area (Å²) in [5, 5.41) is 3.44. The number of halogens is 3. The van der Waals surface area contributed by atoms with Crippen LogP contribution in [0.4, 0.5) is 24.5 Å². The minimum absolute atomic E-state index is 0.269. The lowest BCUT2D eigenvalue weighted by Crippen LogP contribution is -2.38. The molecule has 6 heteroatoms. The molecule has 3 nitrogen and oxygen atoms in total. The van der Waals surface area contributed by atoms with E-state index in [1.54, 1.807) is 0 Å². The van der Waals surface area contributed by atoms with Crippen LogP contribution < -0.4 is 10.1 Å². The number of hydrogen-bond donors (Lipinski definition) is 1. The fourth-order valence-electron chi connectivity index (χ4n) is 6.19. The van der Waals surface area contributed by atoms with Gasteiger partial charge in [0, 0.05) is 22.7 Å². The highest BCUT2D eigenvalue weighted by Crippen LogP contribution is 2.56. The Morgan fingerprint density at radius 2 is 1.49 bits per heavy atom. The third kappa shape index (κ3) is 3.81. The van der Waals surface area contributed by atoms with E-state index in [1.165, 1.54) is 0 Å². The summed E-state index contributed by atoms with van der Waals surface area (Å²) in [5.41, 5.74) is 5.80. The summed E-state index contributed by atoms with van der Waals surface area (Å²) in [7, 11) is 0. The lowest BCUT2D eigenvalue weighted by atomic mass is 9.71. The zero-order chi connectivity index (χ0) is 24.2. The highest BCUT2D eigenvalue weighted by atomic mass is 19.4. The van der Waals surface area contributed by atoms with Crippen LogP contribution in [0.5, 0.6) is 11.5 Å². The first-order valence-electron chi connectivity index (χ1n) is 12.0. The van der Waals surface area contributed by atoms with E-state index in [-0.39, 0.29) is 11.8 Å². The van der Waals surface area contributed by atoms with E-state index in [0.717, 1.165) is 39.4 Å². The molecule has 0 amide bonds. The molecule has 2 atom stereocenters. The number of anilines is 2. The SMILES string of the molecule is O=C(C1C2CCC1CC(=C1c3ccccc3Oc3c(Nc4ccccc4)cccc31)C2)C(F)(F)F. The van der Waals surface area contributed by atoms with E-state index in [9.17, 15) is 18.0 Å². The van der Waals surface area contributed by atoms with Crippen molar-refractivity contribution in [3.8, 4) is 11.5 Å². The highest BCUT2D eigenvalue weighted by molar-refractivity contribution is 5.93. The largest absolute Gasteiger partial charge is 0.454 e. The minimum Gasteiger partial charge on any atom is -0.454 e. The van der Waals surface area contributed by atoms with Gasteiger partial charge in [-0.3, -0.25) is 4.79 Å². The van der Waals surface area contributed by atoms with Crippen molar-refractivity contribution >= 4 is 22.7 Å². The van der Waals surface area contributed by atoms with Crippen LogP contribution in [0, 0.1) is 17.8 Å². The zero-order valence-electron chi connectivity index (χ0n) is 18.9. The molecule has 0 spiro atoms. The van der Waals surface area contributed by atoms with Crippen LogP contribution in [-0.4, -0.2) is 12.0 Å². The smallest absolute Gasteiger partial charge is 0.450 e. The van der Waals surface area contributed by atoms with E-state index >= 15 is 0 Å². The Kier molecular flexibility index (Phi) is 5.20. The predicted octanol–water partition coefficient (Wildman–Crippen LogP) is 7.91. The third-order valence-corrected chi connectivity index (χ3v) is 7.58. The normalized spacial score (nSPS) is 22.8. The highest BCUT2D eigenvalue weighted by Gasteiger charge is 2.53. The van der Waals surface area contributed by atoms with E-state index in [4.69, 9.17) is 4.74 Å². The van der Waals surface area contributed by atoms with Crippen LogP contribution >= 0.6 is 0 Å². The monoisotopic (exact) mass is 475 g/mol. The molecule has 2 aliphatic carbocycles. The fourth-order valence-corrected chi connectivity index (χ4v) is 6.19. The molecule has 1 heterocycles. The van der Waals surface area contributed by atoms with Crippen molar-refractivity contribution in [1.29, 1.82) is 0 Å². The lowest BCUT2D eigenvalue weighted by Gasteiger charge is -2.34. The fraction of sp³-hybridized carbons (Fsp3) is 0.276. The molecule has 0 radical (unpaired) electrons. The molecule has 0 saturated heterocycles. The van der Waals surface area contributed by atoms with Crippen molar-refractivity contribution in [2.24, 2.45) is 17.8 Å². The Morgan fingerprint density at radius 3 is 2.20 bits per heavy atom. The number of hydrogen-bond acceptors (Lipinski definition) is 3. The number of carbonyl (C=O) groups is 1. The van der Waals surface area contributed by atoms with Gasteiger partial charge >= 0.3 is 6.18 Å². The Morgan fingerprint density at radius 1 is 0.829 bits per heavy atom. The molecule has 2 unspecified atom stereocenters. The number of allylic oxidation sites excluding steroid dienone is 1. The molecule has 6 rings (SSSR count). The molecule has 2 fully saturated rings. The van der Waals surface area contributed by atoms with Crippen LogP contribution in [0.2, 0.25) is 0 Å². The zero-order valence-corrected chi connectivity index (χ0v) is 18.9. The van der Waals surface area contributed by atoms with Crippen LogP contribution in [0.15, 0.2) is 78.4 Å². The summed E-state index contributed by atoms with van der Waals surface area (Å²) in [6, 6.07) is 23.6. The predicted molar refractivity (Wildman–Crippen MR) is 129 cm³/mol. The number of ketones is 1. The van der Waals surface area contributed by atoms with Crippen molar-refractivity contribution in [3.05, 3.63) is 89.5 Å². The number of nitrogens with one attached hydrogen (secondary N) is 1. The Balaban J connectivity index is 1.44. The van der Waals surface area contributed by atoms with Gasteiger partial charge in [0.15, 0.2) is 5.75 Å². The number of benzene rings is 3. The van der Waals surface area contributed by atoms with Crippen LogP contribution in [0.1, 0.15) is 36.8 Å². The van der Waals surface area contributed by atoms with Gasteiger partial charge in [0.05, 0.1) is 5.69 Å². The Labute approximate surface area is 201 Å². The van der Waals surface area contributed by atoms with Gasteiger partial charge in [-0.2, -0.15) is 13.2 Å². The standard InChI is InChI=1S/C29H24F3NO2/c30-29(31,32)28(34)25-17-13-14-18(25)16-19(15-17)26-21-9-4-5-12-24(21)35-27-22(26)10-6-11-23(27)33-20-7-2-1-3-8-20/h1-12,17-18,25,33H,13-16H2. The first-order chi connectivity index (χ1) is 16.9. The Hall–Kier alpha value is -3.54. The lowest BCUT2D eigenvalue weighted by molar-refractivity contribution is -0.178. The maximum atomic E-state index is 13.3. The Bertz CT molecular complexity index is 1310. The van der Waals surface area contributed by atoms with E-state index in [1.807, 2.05) is 72.8 Å². The summed E-state index contributed by atoms with van der Waals surface area (Å²) >= 11 is 0. The summed E-state index contributed by atoms with van der Waals surface area (Å²) in [6.07, 6.45) is -2.44. The van der Waals surface area contributed by atoms with E-state index in [0.29, 0.717) is 31.4 Å². The minimum atomic E-state index is -4.77. The number of ether oxygens (including phenoxy) is 1. The van der Waals surface area contributed by atoms with Gasteiger partial charge in [0.1, 0.15) is 5.75 Å².